The van der Waals surface area contributed by atoms with Gasteiger partial charge in [-0.3, -0.25) is 4.79 Å². The molecule has 1 aromatic rings. The zero-order valence-corrected chi connectivity index (χ0v) is 26.2. The molecular formula is C30H47NO11. The average molecular weight is 598 g/mol. The molecule has 238 valence electrons. The number of hydrogen-bond acceptors (Lipinski definition) is 12. The van der Waals surface area contributed by atoms with E-state index in [-0.39, 0.29) is 31.1 Å². The molecule has 0 radical (unpaired) electrons. The van der Waals surface area contributed by atoms with E-state index in [0.29, 0.717) is 30.2 Å². The van der Waals surface area contributed by atoms with Crippen LogP contribution in [0.2, 0.25) is 0 Å². The van der Waals surface area contributed by atoms with E-state index in [1.165, 1.54) is 12.1 Å². The third kappa shape index (κ3) is 15.5. The van der Waals surface area contributed by atoms with Crippen molar-refractivity contribution in [2.75, 3.05) is 13.2 Å². The van der Waals surface area contributed by atoms with Gasteiger partial charge in [-0.15, -0.1) is 0 Å². The molecule has 0 bridgehead atoms. The van der Waals surface area contributed by atoms with Crippen molar-refractivity contribution in [3.8, 4) is 11.5 Å². The first-order valence-corrected chi connectivity index (χ1v) is 14.1. The first kappa shape index (κ1) is 36.5. The Balaban J connectivity index is 2.91. The fourth-order valence-electron chi connectivity index (χ4n) is 3.06. The van der Waals surface area contributed by atoms with E-state index in [4.69, 9.17) is 38.9 Å². The molecule has 2 N–H and O–H groups in total. The fraction of sp³-hybridized carbons (Fsp3) is 0.667. The number of carbonyl (C=O) groups excluding carboxylic acids is 4. The topological polar surface area (TPSA) is 159 Å². The zero-order valence-electron chi connectivity index (χ0n) is 26.2. The molecule has 0 spiro atoms. The molecule has 42 heavy (non-hydrogen) atoms. The summed E-state index contributed by atoms with van der Waals surface area (Å²) in [5.74, 6) is -0.289. The standard InChI is InChI=1S/C30H47NO11/c1-18(2)12-14-36-27(33)40-24-11-10-22(17-25(24)41-28(34)37-15-13-19(3)4)16-23(31)26(32)38-20(5)21(6)39-29(35)42-30(7,8)9/h10-11,17-21,23H,12-16,31H2,1-9H3/t20-,21-,23-/m0/s1. The van der Waals surface area contributed by atoms with Crippen LogP contribution >= 0.6 is 0 Å². The van der Waals surface area contributed by atoms with Gasteiger partial charge < -0.3 is 38.9 Å². The van der Waals surface area contributed by atoms with E-state index in [1.54, 1.807) is 40.7 Å². The largest absolute Gasteiger partial charge is 0.513 e. The zero-order chi connectivity index (χ0) is 32.0. The van der Waals surface area contributed by atoms with Crippen molar-refractivity contribution in [2.45, 2.75) is 105 Å². The quantitative estimate of drug-likeness (QED) is 0.153. The van der Waals surface area contributed by atoms with Crippen molar-refractivity contribution in [1.82, 2.24) is 0 Å². The van der Waals surface area contributed by atoms with Gasteiger partial charge >= 0.3 is 24.4 Å². The Morgan fingerprint density at radius 1 is 0.738 bits per heavy atom. The highest BCUT2D eigenvalue weighted by molar-refractivity contribution is 5.76. The molecule has 0 unspecified atom stereocenters. The highest BCUT2D eigenvalue weighted by Crippen LogP contribution is 2.30. The number of nitrogens with two attached hydrogens (primary N) is 1. The molecule has 0 aromatic heterocycles. The summed E-state index contributed by atoms with van der Waals surface area (Å²) in [6.07, 6.45) is -3.16. The number of carbonyl (C=O) groups is 4. The summed E-state index contributed by atoms with van der Waals surface area (Å²) >= 11 is 0. The number of hydrogen-bond donors (Lipinski definition) is 1. The second-order valence-corrected chi connectivity index (χ2v) is 11.8. The van der Waals surface area contributed by atoms with Crippen molar-refractivity contribution in [3.63, 3.8) is 0 Å². The van der Waals surface area contributed by atoms with Gasteiger partial charge in [0.2, 0.25) is 0 Å². The summed E-state index contributed by atoms with van der Waals surface area (Å²) in [6.45, 7) is 16.5. The molecule has 0 fully saturated rings. The van der Waals surface area contributed by atoms with Gasteiger partial charge in [-0.2, -0.15) is 0 Å². The van der Waals surface area contributed by atoms with Gasteiger partial charge in [-0.25, -0.2) is 14.4 Å². The third-order valence-electron chi connectivity index (χ3n) is 5.62. The predicted molar refractivity (Wildman–Crippen MR) is 153 cm³/mol. The third-order valence-corrected chi connectivity index (χ3v) is 5.62. The van der Waals surface area contributed by atoms with Crippen LogP contribution in [-0.2, 0) is 34.9 Å². The van der Waals surface area contributed by atoms with Crippen LogP contribution in [0.5, 0.6) is 11.5 Å². The molecule has 0 amide bonds. The predicted octanol–water partition coefficient (Wildman–Crippen LogP) is 5.95. The summed E-state index contributed by atoms with van der Waals surface area (Å²) in [7, 11) is 0. The molecule has 0 heterocycles. The van der Waals surface area contributed by atoms with Crippen LogP contribution in [0, 0.1) is 11.8 Å². The van der Waals surface area contributed by atoms with Crippen molar-refractivity contribution in [2.24, 2.45) is 17.6 Å². The molecule has 0 aliphatic rings. The van der Waals surface area contributed by atoms with E-state index in [0.717, 1.165) is 0 Å². The number of benzene rings is 1. The van der Waals surface area contributed by atoms with E-state index < -0.39 is 48.3 Å². The van der Waals surface area contributed by atoms with E-state index in [2.05, 4.69) is 0 Å². The summed E-state index contributed by atoms with van der Waals surface area (Å²) < 4.78 is 36.4. The van der Waals surface area contributed by atoms with Gasteiger partial charge in [0.1, 0.15) is 23.9 Å². The minimum absolute atomic E-state index is 0.00920. The minimum atomic E-state index is -1.11. The highest BCUT2D eigenvalue weighted by atomic mass is 16.8. The van der Waals surface area contributed by atoms with Crippen molar-refractivity contribution in [1.29, 1.82) is 0 Å². The smallest absolute Gasteiger partial charge is 0.458 e. The Hall–Kier alpha value is -3.54. The number of rotatable bonds is 14. The minimum Gasteiger partial charge on any atom is -0.458 e. The first-order valence-electron chi connectivity index (χ1n) is 14.1. The van der Waals surface area contributed by atoms with Crippen LogP contribution in [0.15, 0.2) is 18.2 Å². The van der Waals surface area contributed by atoms with Gasteiger partial charge in [0.15, 0.2) is 11.5 Å². The second kappa shape index (κ2) is 17.4. The van der Waals surface area contributed by atoms with E-state index in [9.17, 15) is 19.2 Å². The van der Waals surface area contributed by atoms with Crippen LogP contribution in [0.3, 0.4) is 0 Å². The Morgan fingerprint density at radius 2 is 1.24 bits per heavy atom. The fourth-order valence-corrected chi connectivity index (χ4v) is 3.06. The lowest BCUT2D eigenvalue weighted by Gasteiger charge is -2.24. The van der Waals surface area contributed by atoms with E-state index in [1.807, 2.05) is 27.7 Å². The summed E-state index contributed by atoms with van der Waals surface area (Å²) in [5.41, 5.74) is 5.83. The van der Waals surface area contributed by atoms with Gasteiger partial charge in [-0.1, -0.05) is 33.8 Å². The molecule has 0 saturated carbocycles. The van der Waals surface area contributed by atoms with Gasteiger partial charge in [-0.05, 0) is 83.4 Å². The van der Waals surface area contributed by atoms with Crippen LogP contribution in [-0.4, -0.2) is 61.5 Å². The van der Waals surface area contributed by atoms with Gasteiger partial charge in [0.25, 0.3) is 0 Å². The lowest BCUT2D eigenvalue weighted by Crippen LogP contribution is -2.40. The Bertz CT molecular complexity index is 1030. The monoisotopic (exact) mass is 597 g/mol. The Morgan fingerprint density at radius 3 is 1.74 bits per heavy atom. The number of esters is 1. The highest BCUT2D eigenvalue weighted by Gasteiger charge is 2.27. The first-order chi connectivity index (χ1) is 19.5. The maximum absolute atomic E-state index is 12.7. The molecule has 1 rings (SSSR count). The maximum Gasteiger partial charge on any atom is 0.513 e. The Kier molecular flexibility index (Phi) is 15.1. The van der Waals surface area contributed by atoms with Crippen LogP contribution < -0.4 is 15.2 Å². The summed E-state index contributed by atoms with van der Waals surface area (Å²) in [5, 5.41) is 0. The van der Waals surface area contributed by atoms with Crippen LogP contribution in [0.1, 0.15) is 80.7 Å². The molecule has 3 atom stereocenters. The van der Waals surface area contributed by atoms with Crippen molar-refractivity contribution < 1.29 is 52.3 Å². The average Bonchev–Trinajstić information content (AvgIpc) is 2.83. The molecule has 0 saturated heterocycles. The molecule has 12 nitrogen and oxygen atoms in total. The second-order valence-electron chi connectivity index (χ2n) is 11.8. The normalized spacial score (nSPS) is 13.5. The number of ether oxygens (including phenoxy) is 7. The van der Waals surface area contributed by atoms with Gasteiger partial charge in [0.05, 0.1) is 13.2 Å². The lowest BCUT2D eigenvalue weighted by molar-refractivity contribution is -0.156. The van der Waals surface area contributed by atoms with E-state index >= 15 is 0 Å². The molecule has 0 aliphatic carbocycles. The molecule has 0 aliphatic heterocycles. The molecule has 12 heteroatoms. The summed E-state index contributed by atoms with van der Waals surface area (Å²) in [6, 6.07) is 3.25. The molecule has 1 aromatic carbocycles. The maximum atomic E-state index is 12.7. The summed E-state index contributed by atoms with van der Waals surface area (Å²) in [4.78, 5) is 49.1. The van der Waals surface area contributed by atoms with Crippen LogP contribution in [0.25, 0.3) is 0 Å². The molecular weight excluding hydrogens is 550 g/mol. The Labute approximate surface area is 248 Å². The van der Waals surface area contributed by atoms with Crippen molar-refractivity contribution in [3.05, 3.63) is 23.8 Å². The SMILES string of the molecule is CC(C)CCOC(=O)Oc1ccc(C[C@H](N)C(=O)O[C@@H](C)[C@H](C)OC(=O)OC(C)(C)C)cc1OC(=O)OCCC(C)C. The van der Waals surface area contributed by atoms with Crippen LogP contribution in [0.4, 0.5) is 14.4 Å². The van der Waals surface area contributed by atoms with Crippen molar-refractivity contribution >= 4 is 24.4 Å². The van der Waals surface area contributed by atoms with Gasteiger partial charge in [0, 0.05) is 0 Å². The lowest BCUT2D eigenvalue weighted by atomic mass is 10.1.